The second-order valence-electron chi connectivity index (χ2n) is 6.32. The minimum atomic E-state index is -0.787. The summed E-state index contributed by atoms with van der Waals surface area (Å²) in [5, 5.41) is 12.2. The van der Waals surface area contributed by atoms with Crippen molar-refractivity contribution in [3.8, 4) is 0 Å². The maximum absolute atomic E-state index is 12.3. The summed E-state index contributed by atoms with van der Waals surface area (Å²) < 4.78 is 0. The van der Waals surface area contributed by atoms with Gasteiger partial charge in [-0.2, -0.15) is 0 Å². The lowest BCUT2D eigenvalue weighted by Gasteiger charge is -2.45. The van der Waals surface area contributed by atoms with Crippen molar-refractivity contribution >= 4 is 12.0 Å². The summed E-state index contributed by atoms with van der Waals surface area (Å²) in [5.41, 5.74) is 0. The van der Waals surface area contributed by atoms with Crippen LogP contribution in [0.25, 0.3) is 0 Å². The Kier molecular flexibility index (Phi) is 3.83. The van der Waals surface area contributed by atoms with Crippen molar-refractivity contribution in [3.63, 3.8) is 0 Å². The zero-order valence-electron chi connectivity index (χ0n) is 11.8. The number of amides is 2. The third kappa shape index (κ3) is 2.75. The molecule has 4 heterocycles. The number of hydrogen-bond donors (Lipinski definition) is 2. The van der Waals surface area contributed by atoms with Crippen molar-refractivity contribution in [2.75, 3.05) is 32.7 Å². The monoisotopic (exact) mass is 281 g/mol. The Labute approximate surface area is 119 Å². The van der Waals surface area contributed by atoms with Crippen LogP contribution in [0.5, 0.6) is 0 Å². The second kappa shape index (κ2) is 5.60. The van der Waals surface area contributed by atoms with Gasteiger partial charge >= 0.3 is 12.0 Å². The number of carbonyl (C=O) groups is 2. The molecule has 0 spiro atoms. The van der Waals surface area contributed by atoms with Gasteiger partial charge in [0.05, 0.1) is 5.92 Å². The fourth-order valence-corrected chi connectivity index (χ4v) is 3.74. The van der Waals surface area contributed by atoms with Crippen LogP contribution in [0.2, 0.25) is 0 Å². The van der Waals surface area contributed by atoms with E-state index in [1.807, 2.05) is 0 Å². The second-order valence-corrected chi connectivity index (χ2v) is 6.32. The number of carboxylic acid groups (broad SMARTS) is 1. The molecule has 6 nitrogen and oxygen atoms in total. The van der Waals surface area contributed by atoms with Gasteiger partial charge in [-0.1, -0.05) is 0 Å². The zero-order valence-corrected chi connectivity index (χ0v) is 11.8. The Bertz CT molecular complexity index is 393. The van der Waals surface area contributed by atoms with Crippen LogP contribution in [-0.2, 0) is 4.79 Å². The van der Waals surface area contributed by atoms with Crippen LogP contribution in [0.3, 0.4) is 0 Å². The zero-order chi connectivity index (χ0) is 14.1. The molecule has 0 saturated carbocycles. The molecule has 20 heavy (non-hydrogen) atoms. The molecule has 112 valence electrons. The first-order valence-electron chi connectivity index (χ1n) is 7.64. The standard InChI is InChI=1S/C14H23N3O3/c18-13(19)11-2-1-5-17(8-11)14(20)15-12-9-16-6-3-10(12)4-7-16/h10-12H,1-9H2,(H,15,20)(H,18,19). The number of aliphatic carboxylic acids is 1. The van der Waals surface area contributed by atoms with Gasteiger partial charge in [-0.05, 0) is 44.7 Å². The molecule has 0 aliphatic carbocycles. The smallest absolute Gasteiger partial charge is 0.317 e. The SMILES string of the molecule is O=C(O)C1CCCN(C(=O)NC2CN3CCC2CC3)C1. The highest BCUT2D eigenvalue weighted by Crippen LogP contribution is 2.27. The Balaban J connectivity index is 1.55. The minimum Gasteiger partial charge on any atom is -0.481 e. The number of fused-ring (bicyclic) bond motifs is 3. The number of carboxylic acids is 1. The van der Waals surface area contributed by atoms with Crippen LogP contribution in [0.1, 0.15) is 25.7 Å². The van der Waals surface area contributed by atoms with Crippen LogP contribution < -0.4 is 5.32 Å². The van der Waals surface area contributed by atoms with Gasteiger partial charge in [-0.15, -0.1) is 0 Å². The lowest BCUT2D eigenvalue weighted by Crippen LogP contribution is -2.59. The highest BCUT2D eigenvalue weighted by Gasteiger charge is 2.36. The van der Waals surface area contributed by atoms with Crippen LogP contribution in [0, 0.1) is 11.8 Å². The van der Waals surface area contributed by atoms with E-state index in [1.165, 1.54) is 12.8 Å². The van der Waals surface area contributed by atoms with Crippen molar-refractivity contribution < 1.29 is 14.7 Å². The molecule has 0 radical (unpaired) electrons. The summed E-state index contributed by atoms with van der Waals surface area (Å²) in [6.07, 6.45) is 3.80. The molecule has 2 unspecified atom stereocenters. The predicted molar refractivity (Wildman–Crippen MR) is 73.4 cm³/mol. The first-order chi connectivity index (χ1) is 9.63. The number of urea groups is 1. The van der Waals surface area contributed by atoms with Crippen LogP contribution in [-0.4, -0.2) is 65.7 Å². The number of nitrogens with zero attached hydrogens (tertiary/aromatic N) is 2. The van der Waals surface area contributed by atoms with Crippen molar-refractivity contribution in [1.82, 2.24) is 15.1 Å². The number of carbonyl (C=O) groups excluding carboxylic acids is 1. The summed E-state index contributed by atoms with van der Waals surface area (Å²) in [6.45, 7) is 4.29. The predicted octanol–water partition coefficient (Wildman–Crippen LogP) is 0.587. The van der Waals surface area contributed by atoms with Gasteiger partial charge < -0.3 is 20.2 Å². The van der Waals surface area contributed by atoms with Gasteiger partial charge in [0.25, 0.3) is 0 Å². The molecule has 4 aliphatic heterocycles. The molecule has 4 saturated heterocycles. The van der Waals surface area contributed by atoms with Gasteiger partial charge in [-0.3, -0.25) is 4.79 Å². The van der Waals surface area contributed by atoms with E-state index >= 15 is 0 Å². The van der Waals surface area contributed by atoms with E-state index in [9.17, 15) is 9.59 Å². The summed E-state index contributed by atoms with van der Waals surface area (Å²) >= 11 is 0. The summed E-state index contributed by atoms with van der Waals surface area (Å²) in [7, 11) is 0. The van der Waals surface area contributed by atoms with Crippen molar-refractivity contribution in [2.24, 2.45) is 11.8 Å². The molecule has 0 aromatic carbocycles. The fraction of sp³-hybridized carbons (Fsp3) is 0.857. The maximum Gasteiger partial charge on any atom is 0.317 e. The van der Waals surface area contributed by atoms with Gasteiger partial charge in [0, 0.05) is 25.7 Å². The lowest BCUT2D eigenvalue weighted by molar-refractivity contribution is -0.143. The van der Waals surface area contributed by atoms with E-state index < -0.39 is 11.9 Å². The third-order valence-electron chi connectivity index (χ3n) is 5.02. The van der Waals surface area contributed by atoms with E-state index in [2.05, 4.69) is 10.2 Å². The van der Waals surface area contributed by atoms with Gasteiger partial charge in [0.15, 0.2) is 0 Å². The molecular weight excluding hydrogens is 258 g/mol. The number of nitrogens with one attached hydrogen (secondary N) is 1. The first kappa shape index (κ1) is 13.7. The normalized spacial score (nSPS) is 36.7. The average Bonchev–Trinajstić information content (AvgIpc) is 2.48. The van der Waals surface area contributed by atoms with E-state index in [0.717, 1.165) is 26.1 Å². The molecule has 6 heteroatoms. The molecule has 2 N–H and O–H groups in total. The first-order valence-corrected chi connectivity index (χ1v) is 7.64. The Morgan fingerprint density at radius 2 is 1.80 bits per heavy atom. The molecule has 4 fully saturated rings. The van der Waals surface area contributed by atoms with E-state index in [0.29, 0.717) is 25.4 Å². The summed E-state index contributed by atoms with van der Waals surface area (Å²) in [5.74, 6) is -0.588. The molecule has 0 aromatic heterocycles. The fourth-order valence-electron chi connectivity index (χ4n) is 3.74. The van der Waals surface area contributed by atoms with Crippen molar-refractivity contribution in [1.29, 1.82) is 0 Å². The van der Waals surface area contributed by atoms with Crippen LogP contribution in [0.15, 0.2) is 0 Å². The van der Waals surface area contributed by atoms with E-state index in [1.54, 1.807) is 4.90 Å². The lowest BCUT2D eigenvalue weighted by atomic mass is 9.84. The molecule has 2 atom stereocenters. The van der Waals surface area contributed by atoms with E-state index in [4.69, 9.17) is 5.11 Å². The number of hydrogen-bond acceptors (Lipinski definition) is 3. The topological polar surface area (TPSA) is 72.9 Å². The molecule has 4 aliphatic rings. The van der Waals surface area contributed by atoms with E-state index in [-0.39, 0.29) is 12.1 Å². The maximum atomic E-state index is 12.3. The van der Waals surface area contributed by atoms with Crippen molar-refractivity contribution in [3.05, 3.63) is 0 Å². The summed E-state index contributed by atoms with van der Waals surface area (Å²) in [6, 6.07) is 0.171. The Hall–Kier alpha value is -1.30. The molecule has 4 rings (SSSR count). The van der Waals surface area contributed by atoms with Crippen molar-refractivity contribution in [2.45, 2.75) is 31.7 Å². The van der Waals surface area contributed by atoms with Gasteiger partial charge in [0.2, 0.25) is 0 Å². The van der Waals surface area contributed by atoms with Crippen LogP contribution >= 0.6 is 0 Å². The van der Waals surface area contributed by atoms with Crippen LogP contribution in [0.4, 0.5) is 4.79 Å². The molecule has 0 aromatic rings. The third-order valence-corrected chi connectivity index (χ3v) is 5.02. The minimum absolute atomic E-state index is 0.0744. The highest BCUT2D eigenvalue weighted by molar-refractivity contribution is 5.76. The Morgan fingerprint density at radius 1 is 1.05 bits per heavy atom. The van der Waals surface area contributed by atoms with Gasteiger partial charge in [0.1, 0.15) is 0 Å². The molecular formula is C14H23N3O3. The average molecular weight is 281 g/mol. The quantitative estimate of drug-likeness (QED) is 0.777. The van der Waals surface area contributed by atoms with Gasteiger partial charge in [-0.25, -0.2) is 4.79 Å². The number of likely N-dealkylation sites (tertiary alicyclic amines) is 1. The number of rotatable bonds is 2. The molecule has 2 amide bonds. The Morgan fingerprint density at radius 3 is 2.40 bits per heavy atom. The highest BCUT2D eigenvalue weighted by atomic mass is 16.4. The number of piperidine rings is 4. The summed E-state index contributed by atoms with van der Waals surface area (Å²) in [4.78, 5) is 27.5. The molecule has 2 bridgehead atoms. The largest absolute Gasteiger partial charge is 0.481 e.